The van der Waals surface area contributed by atoms with Gasteiger partial charge in [0.25, 0.3) is 0 Å². The van der Waals surface area contributed by atoms with E-state index in [-0.39, 0.29) is 24.8 Å². The van der Waals surface area contributed by atoms with Crippen molar-refractivity contribution in [1.29, 1.82) is 0 Å². The van der Waals surface area contributed by atoms with Crippen LogP contribution in [0.15, 0.2) is 42.7 Å². The first-order chi connectivity index (χ1) is 14.3. The summed E-state index contributed by atoms with van der Waals surface area (Å²) >= 11 is 0. The third-order valence-corrected chi connectivity index (χ3v) is 5.20. The molecule has 5 nitrogen and oxygen atoms in total. The Kier molecular flexibility index (Phi) is 5.77. The van der Waals surface area contributed by atoms with E-state index in [1.54, 1.807) is 6.33 Å². The van der Waals surface area contributed by atoms with Crippen molar-refractivity contribution in [2.24, 2.45) is 0 Å². The summed E-state index contributed by atoms with van der Waals surface area (Å²) in [4.78, 5) is 6.26. The maximum Gasteiger partial charge on any atom is 0.416 e. The van der Waals surface area contributed by atoms with Crippen molar-refractivity contribution in [3.63, 3.8) is 0 Å². The monoisotopic (exact) mass is 423 g/mol. The van der Waals surface area contributed by atoms with Gasteiger partial charge in [-0.1, -0.05) is 6.07 Å². The maximum absolute atomic E-state index is 13.7. The zero-order valence-electron chi connectivity index (χ0n) is 16.1. The molecule has 4 rings (SSSR count). The van der Waals surface area contributed by atoms with Crippen molar-refractivity contribution in [1.82, 2.24) is 14.5 Å². The lowest BCUT2D eigenvalue weighted by Gasteiger charge is -2.33. The van der Waals surface area contributed by atoms with Gasteiger partial charge in [-0.05, 0) is 41.5 Å². The van der Waals surface area contributed by atoms with Crippen LogP contribution in [-0.2, 0) is 24.0 Å². The lowest BCUT2D eigenvalue weighted by molar-refractivity contribution is -0.137. The lowest BCUT2D eigenvalue weighted by Crippen LogP contribution is -2.37. The topological polar surface area (TPSA) is 50.5 Å². The number of alkyl halides is 3. The molecular formula is C21H21F4N3O2. The number of nitrogens with zero attached hydrogens (tertiary/aromatic N) is 3. The van der Waals surface area contributed by atoms with E-state index in [1.807, 2.05) is 27.7 Å². The van der Waals surface area contributed by atoms with E-state index in [4.69, 9.17) is 4.74 Å². The van der Waals surface area contributed by atoms with Gasteiger partial charge in [0.1, 0.15) is 5.82 Å². The van der Waals surface area contributed by atoms with Crippen molar-refractivity contribution in [3.05, 3.63) is 65.2 Å². The number of imidazole rings is 1. The molecule has 160 valence electrons. The molecule has 3 aromatic rings. The molecule has 0 amide bonds. The van der Waals surface area contributed by atoms with E-state index in [0.717, 1.165) is 28.7 Å². The summed E-state index contributed by atoms with van der Waals surface area (Å²) in [7, 11) is 0. The van der Waals surface area contributed by atoms with Gasteiger partial charge in [-0.25, -0.2) is 9.37 Å². The van der Waals surface area contributed by atoms with E-state index in [0.29, 0.717) is 32.3 Å². The molecule has 1 saturated heterocycles. The van der Waals surface area contributed by atoms with Gasteiger partial charge in [0.15, 0.2) is 0 Å². The van der Waals surface area contributed by atoms with Crippen LogP contribution in [0.1, 0.15) is 22.8 Å². The van der Waals surface area contributed by atoms with Crippen LogP contribution in [0, 0.1) is 5.82 Å². The molecule has 0 bridgehead atoms. The van der Waals surface area contributed by atoms with Crippen molar-refractivity contribution in [2.75, 3.05) is 26.3 Å². The van der Waals surface area contributed by atoms with Crippen LogP contribution < -0.4 is 0 Å². The second-order valence-corrected chi connectivity index (χ2v) is 7.35. The van der Waals surface area contributed by atoms with Crippen LogP contribution >= 0.6 is 0 Å². The Hall–Kier alpha value is -2.49. The molecule has 1 unspecified atom stereocenters. The minimum absolute atomic E-state index is 0.00303. The smallest absolute Gasteiger partial charge is 0.395 e. The Labute approximate surface area is 170 Å². The summed E-state index contributed by atoms with van der Waals surface area (Å²) in [6.07, 6.45) is -3.19. The van der Waals surface area contributed by atoms with Crippen LogP contribution in [0.25, 0.3) is 11.0 Å². The highest BCUT2D eigenvalue weighted by molar-refractivity contribution is 5.76. The highest BCUT2D eigenvalue weighted by Gasteiger charge is 2.31. The molecule has 1 atom stereocenters. The highest BCUT2D eigenvalue weighted by atomic mass is 19.4. The van der Waals surface area contributed by atoms with E-state index in [1.165, 1.54) is 0 Å². The van der Waals surface area contributed by atoms with Gasteiger partial charge < -0.3 is 14.4 Å². The van der Waals surface area contributed by atoms with E-state index in [2.05, 4.69) is 4.98 Å². The number of benzene rings is 2. The van der Waals surface area contributed by atoms with Crippen molar-refractivity contribution >= 4 is 11.0 Å². The Bertz CT molecular complexity index is 1030. The van der Waals surface area contributed by atoms with Crippen molar-refractivity contribution < 1.29 is 27.4 Å². The van der Waals surface area contributed by atoms with Gasteiger partial charge >= 0.3 is 6.18 Å². The predicted molar refractivity (Wildman–Crippen MR) is 102 cm³/mol. The number of aliphatic hydroxyl groups excluding tert-OH is 1. The molecule has 0 saturated carbocycles. The number of ether oxygens (including phenoxy) is 1. The Balaban J connectivity index is 1.52. The number of aliphatic hydroxyl groups is 1. The Morgan fingerprint density at radius 3 is 2.77 bits per heavy atom. The first-order valence-corrected chi connectivity index (χ1v) is 9.60. The number of morpholine rings is 1. The Morgan fingerprint density at radius 1 is 1.17 bits per heavy atom. The van der Waals surface area contributed by atoms with Crippen molar-refractivity contribution in [3.8, 4) is 0 Å². The van der Waals surface area contributed by atoms with Crippen molar-refractivity contribution in [2.45, 2.75) is 25.4 Å². The largest absolute Gasteiger partial charge is 0.416 e. The molecule has 1 aromatic heterocycles. The number of rotatable bonds is 5. The van der Waals surface area contributed by atoms with Crippen LogP contribution in [0.2, 0.25) is 0 Å². The molecule has 1 fully saturated rings. The normalized spacial score (nSPS) is 18.2. The number of hydrogen-bond donors (Lipinski definition) is 1. The van der Waals surface area contributed by atoms with Gasteiger partial charge in [0, 0.05) is 26.2 Å². The van der Waals surface area contributed by atoms with Gasteiger partial charge in [-0.15, -0.1) is 0 Å². The van der Waals surface area contributed by atoms with Crippen LogP contribution in [0.4, 0.5) is 17.6 Å². The molecule has 2 aromatic carbocycles. The first-order valence-electron chi connectivity index (χ1n) is 9.60. The summed E-state index contributed by atoms with van der Waals surface area (Å²) in [5.74, 6) is -0.896. The zero-order chi connectivity index (χ0) is 21.3. The summed E-state index contributed by atoms with van der Waals surface area (Å²) in [6.45, 7) is 2.05. The van der Waals surface area contributed by atoms with Crippen LogP contribution in [-0.4, -0.2) is 45.9 Å². The number of halogens is 4. The molecule has 30 heavy (non-hydrogen) atoms. The maximum atomic E-state index is 13.7. The molecule has 0 radical (unpaired) electrons. The molecule has 0 spiro atoms. The van der Waals surface area contributed by atoms with Gasteiger partial charge in [-0.3, -0.25) is 4.90 Å². The molecule has 2 heterocycles. The summed E-state index contributed by atoms with van der Waals surface area (Å²) in [5, 5.41) is 9.20. The van der Waals surface area contributed by atoms with E-state index < -0.39 is 17.6 Å². The van der Waals surface area contributed by atoms with E-state index in [9.17, 15) is 22.7 Å². The average Bonchev–Trinajstić information content (AvgIpc) is 3.10. The molecular weight excluding hydrogens is 402 g/mol. The third kappa shape index (κ3) is 4.48. The second kappa shape index (κ2) is 8.33. The van der Waals surface area contributed by atoms with E-state index >= 15 is 0 Å². The van der Waals surface area contributed by atoms with Gasteiger partial charge in [0.05, 0.1) is 42.2 Å². The number of fused-ring (bicyclic) bond motifs is 1. The SMILES string of the molecule is OCCn1cnc2ccc(C3CN(Cc4cc(F)cc(C(F)(F)F)c4)CCO3)cc21. The lowest BCUT2D eigenvalue weighted by atomic mass is 10.1. The second-order valence-electron chi connectivity index (χ2n) is 7.35. The summed E-state index contributed by atoms with van der Waals surface area (Å²) in [5.41, 5.74) is 1.90. The minimum atomic E-state index is -4.59. The third-order valence-electron chi connectivity index (χ3n) is 5.20. The minimum Gasteiger partial charge on any atom is -0.395 e. The van der Waals surface area contributed by atoms with Crippen LogP contribution in [0.3, 0.4) is 0 Å². The van der Waals surface area contributed by atoms with Crippen LogP contribution in [0.5, 0.6) is 0 Å². The average molecular weight is 423 g/mol. The number of aromatic nitrogens is 2. The van der Waals surface area contributed by atoms with Gasteiger partial charge in [0.2, 0.25) is 0 Å². The van der Waals surface area contributed by atoms with Gasteiger partial charge in [-0.2, -0.15) is 13.2 Å². The summed E-state index contributed by atoms with van der Waals surface area (Å²) < 4.78 is 60.4. The molecule has 9 heteroatoms. The fourth-order valence-electron chi connectivity index (χ4n) is 3.77. The molecule has 1 aliphatic heterocycles. The zero-order valence-corrected chi connectivity index (χ0v) is 16.1. The molecule has 1 N–H and O–H groups in total. The quantitative estimate of drug-likeness (QED) is 0.635. The fraction of sp³-hybridized carbons (Fsp3) is 0.381. The molecule has 0 aliphatic carbocycles. The first kappa shape index (κ1) is 20.8. The molecule has 1 aliphatic rings. The predicted octanol–water partition coefficient (Wildman–Crippen LogP) is 3.76. The summed E-state index contributed by atoms with van der Waals surface area (Å²) in [6, 6.07) is 8.39. The standard InChI is InChI=1S/C21H21F4N3O2/c22-17-8-14(7-16(10-17)21(23,24)25)11-27-4-6-30-20(12-27)15-1-2-18-19(9-15)28(3-5-29)13-26-18/h1-2,7-10,13,20,29H,3-6,11-12H2. The Morgan fingerprint density at radius 2 is 2.00 bits per heavy atom. The number of hydrogen-bond acceptors (Lipinski definition) is 4. The fourth-order valence-corrected chi connectivity index (χ4v) is 3.77. The highest BCUT2D eigenvalue weighted by Crippen LogP contribution is 2.31.